The summed E-state index contributed by atoms with van der Waals surface area (Å²) in [5.74, 6) is 0.495. The molecule has 1 fully saturated rings. The van der Waals surface area contributed by atoms with E-state index in [2.05, 4.69) is 25.2 Å². The van der Waals surface area contributed by atoms with Crippen molar-refractivity contribution in [2.75, 3.05) is 5.73 Å². The predicted molar refractivity (Wildman–Crippen MR) is 104 cm³/mol. The maximum Gasteiger partial charge on any atom is 0.384 e. The van der Waals surface area contributed by atoms with Crippen molar-refractivity contribution >= 4 is 17.7 Å². The molecule has 0 spiro atoms. The maximum absolute atomic E-state index is 8.53. The van der Waals surface area contributed by atoms with Crippen molar-refractivity contribution in [2.24, 2.45) is 4.99 Å². The third kappa shape index (κ3) is 3.05. The first-order chi connectivity index (χ1) is 13.1. The number of rotatable bonds is 4. The fourth-order valence-electron chi connectivity index (χ4n) is 3.33. The summed E-state index contributed by atoms with van der Waals surface area (Å²) >= 11 is 0. The molecule has 4 rings (SSSR count). The largest absolute Gasteiger partial charge is 0.577 e. The number of benzene rings is 1. The molecule has 0 amide bonds. The second-order valence-corrected chi connectivity index (χ2v) is 6.62. The van der Waals surface area contributed by atoms with Crippen molar-refractivity contribution in [3.63, 3.8) is 0 Å². The zero-order valence-electron chi connectivity index (χ0n) is 14.6. The Morgan fingerprint density at radius 1 is 1.11 bits per heavy atom. The van der Waals surface area contributed by atoms with Crippen molar-refractivity contribution in [3.8, 4) is 11.1 Å². The normalized spacial score (nSPS) is 15.9. The first-order valence-corrected chi connectivity index (χ1v) is 8.66. The van der Waals surface area contributed by atoms with E-state index in [0.717, 1.165) is 36.0 Å². The molecule has 1 saturated carbocycles. The lowest BCUT2D eigenvalue weighted by Gasteiger charge is -2.41. The summed E-state index contributed by atoms with van der Waals surface area (Å²) in [5, 5.41) is 23.2. The van der Waals surface area contributed by atoms with Crippen LogP contribution in [0.15, 0.2) is 53.9 Å². The van der Waals surface area contributed by atoms with E-state index >= 15 is 0 Å². The molecule has 3 aromatic rings. The molecule has 0 unspecified atom stereocenters. The smallest absolute Gasteiger partial charge is 0.384 e. The summed E-state index contributed by atoms with van der Waals surface area (Å²) in [6, 6.07) is 9.72. The molecule has 2 aromatic heterocycles. The van der Waals surface area contributed by atoms with Gasteiger partial charge in [0.2, 0.25) is 5.95 Å². The van der Waals surface area contributed by atoms with Gasteiger partial charge in [0.1, 0.15) is 5.84 Å². The van der Waals surface area contributed by atoms with Gasteiger partial charge in [-0.2, -0.15) is 5.10 Å². The molecule has 0 aliphatic heterocycles. The highest BCUT2D eigenvalue weighted by atomic mass is 16.3. The highest BCUT2D eigenvalue weighted by Crippen LogP contribution is 2.45. The molecule has 0 radical (unpaired) electrons. The van der Waals surface area contributed by atoms with Crippen LogP contribution in [-0.4, -0.2) is 37.0 Å². The van der Waals surface area contributed by atoms with E-state index in [0.29, 0.717) is 5.69 Å². The van der Waals surface area contributed by atoms with E-state index < -0.39 is 5.41 Å². The van der Waals surface area contributed by atoms with Gasteiger partial charge in [-0.3, -0.25) is 10.5 Å². The van der Waals surface area contributed by atoms with Crippen LogP contribution in [0.3, 0.4) is 0 Å². The van der Waals surface area contributed by atoms with Gasteiger partial charge in [0.25, 0.3) is 0 Å². The Labute approximate surface area is 155 Å². The van der Waals surface area contributed by atoms with Crippen molar-refractivity contribution in [1.82, 2.24) is 20.2 Å². The van der Waals surface area contributed by atoms with Gasteiger partial charge in [-0.1, -0.05) is 30.7 Å². The predicted octanol–water partition coefficient (Wildman–Crippen LogP) is 2.02. The van der Waals surface area contributed by atoms with Crippen LogP contribution in [0.2, 0.25) is 0 Å². The second-order valence-electron chi connectivity index (χ2n) is 6.62. The molecule has 0 saturated heterocycles. The van der Waals surface area contributed by atoms with Gasteiger partial charge in [-0.05, 0) is 30.0 Å². The van der Waals surface area contributed by atoms with Crippen molar-refractivity contribution in [1.29, 1.82) is 5.41 Å². The minimum absolute atomic E-state index is 0.0272. The Balaban J connectivity index is 1.61. The number of nitrogens with one attached hydrogen (secondary N) is 2. The van der Waals surface area contributed by atoms with Gasteiger partial charge in [-0.15, -0.1) is 4.99 Å². The fourth-order valence-corrected chi connectivity index (χ4v) is 3.33. The highest BCUT2D eigenvalue weighted by molar-refractivity contribution is 6.04. The van der Waals surface area contributed by atoms with Gasteiger partial charge >= 0.3 is 5.90 Å². The van der Waals surface area contributed by atoms with E-state index in [-0.39, 0.29) is 17.7 Å². The number of anilines is 1. The number of nitrogens with zero attached hydrogens (tertiary/aromatic N) is 4. The first-order valence-electron chi connectivity index (χ1n) is 8.66. The van der Waals surface area contributed by atoms with E-state index in [1.54, 1.807) is 24.7 Å². The zero-order chi connectivity index (χ0) is 18.9. The number of amidine groups is 1. The molecule has 8 nitrogen and oxygen atoms in total. The zero-order valence-corrected chi connectivity index (χ0v) is 14.6. The highest BCUT2D eigenvalue weighted by Gasteiger charge is 2.43. The maximum atomic E-state index is 8.53. The molecule has 0 bridgehead atoms. The first kappa shape index (κ1) is 16.9. The standard InChI is InChI=1S/C19H19N7O/c20-17(25-16(27)15-6-9-24-26-15)19(7-1-8-19)14-4-2-12(3-5-14)13-10-22-18(21)23-11-13/h2-6,9-11H,1,7-8H2,(H,24,26)(H2,20,25,27)(H2,21,22,23)/p+1. The average Bonchev–Trinajstić information content (AvgIpc) is 3.17. The molecule has 136 valence electrons. The Morgan fingerprint density at radius 3 is 2.37 bits per heavy atom. The van der Waals surface area contributed by atoms with Crippen molar-refractivity contribution in [2.45, 2.75) is 24.7 Å². The number of aromatic nitrogens is 4. The number of hydrogen-bond donors (Lipinski definition) is 3. The SMILES string of the molecule is N=C(N=C([OH2+])c1ccn[nH]1)C1(c2ccc(-c3cnc(N)nc3)cc2)CCC1. The van der Waals surface area contributed by atoms with Gasteiger partial charge in [-0.25, -0.2) is 9.97 Å². The van der Waals surface area contributed by atoms with Crippen LogP contribution in [0.25, 0.3) is 11.1 Å². The molecule has 1 aliphatic rings. The van der Waals surface area contributed by atoms with Crippen LogP contribution in [0.4, 0.5) is 5.95 Å². The molecule has 1 aliphatic carbocycles. The molecular weight excluding hydrogens is 342 g/mol. The number of hydrogen-bond acceptors (Lipinski definition) is 5. The Bertz CT molecular complexity index is 972. The fraction of sp³-hybridized carbons (Fsp3) is 0.211. The lowest BCUT2D eigenvalue weighted by molar-refractivity contribution is 0.336. The third-order valence-corrected chi connectivity index (χ3v) is 5.08. The summed E-state index contributed by atoms with van der Waals surface area (Å²) < 4.78 is 0. The molecule has 2 heterocycles. The van der Waals surface area contributed by atoms with Gasteiger partial charge in [0, 0.05) is 24.2 Å². The van der Waals surface area contributed by atoms with Crippen molar-refractivity contribution < 1.29 is 5.11 Å². The van der Waals surface area contributed by atoms with E-state index in [1.165, 1.54) is 0 Å². The van der Waals surface area contributed by atoms with Gasteiger partial charge < -0.3 is 10.8 Å². The van der Waals surface area contributed by atoms with E-state index in [1.807, 2.05) is 24.3 Å². The summed E-state index contributed by atoms with van der Waals surface area (Å²) in [7, 11) is 0. The van der Waals surface area contributed by atoms with E-state index in [4.69, 9.17) is 16.2 Å². The minimum Gasteiger partial charge on any atom is -0.577 e. The van der Waals surface area contributed by atoms with Crippen LogP contribution < -0.4 is 5.73 Å². The lowest BCUT2D eigenvalue weighted by Crippen LogP contribution is -2.41. The quantitative estimate of drug-likeness (QED) is 0.371. The molecule has 8 heteroatoms. The molecule has 27 heavy (non-hydrogen) atoms. The average molecular weight is 362 g/mol. The summed E-state index contributed by atoms with van der Waals surface area (Å²) in [6.45, 7) is 0. The van der Waals surface area contributed by atoms with Gasteiger partial charge in [0.05, 0.1) is 5.41 Å². The van der Waals surface area contributed by atoms with Crippen LogP contribution in [0, 0.1) is 5.41 Å². The Morgan fingerprint density at radius 2 is 1.81 bits per heavy atom. The monoisotopic (exact) mass is 362 g/mol. The number of nitrogens with two attached hydrogens (primary N) is 1. The molecule has 1 aromatic carbocycles. The number of aliphatic imine (C=N–C) groups is 1. The number of aromatic amines is 1. The van der Waals surface area contributed by atoms with Crippen molar-refractivity contribution in [3.05, 3.63) is 60.2 Å². The summed E-state index contributed by atoms with van der Waals surface area (Å²) in [6.07, 6.45) is 7.72. The van der Waals surface area contributed by atoms with Crippen LogP contribution >= 0.6 is 0 Å². The third-order valence-electron chi connectivity index (χ3n) is 5.08. The molecule has 0 atom stereocenters. The summed E-state index contributed by atoms with van der Waals surface area (Å²) in [4.78, 5) is 12.3. The summed E-state index contributed by atoms with van der Waals surface area (Å²) in [5.41, 5.74) is 8.54. The second kappa shape index (κ2) is 6.64. The lowest BCUT2D eigenvalue weighted by atomic mass is 9.63. The Hall–Kier alpha value is -3.55. The number of nitrogen functional groups attached to an aromatic ring is 1. The van der Waals surface area contributed by atoms with Crippen LogP contribution in [-0.2, 0) is 5.41 Å². The molecular formula is C19H20N7O+. The van der Waals surface area contributed by atoms with Crippen LogP contribution in [0.1, 0.15) is 30.5 Å². The molecule has 6 N–H and O–H groups in total. The van der Waals surface area contributed by atoms with Crippen LogP contribution in [0.5, 0.6) is 0 Å². The topological polar surface area (TPSA) is 140 Å². The van der Waals surface area contributed by atoms with Gasteiger partial charge in [0.15, 0.2) is 5.69 Å². The minimum atomic E-state index is -0.428. The van der Waals surface area contributed by atoms with E-state index in [9.17, 15) is 0 Å². The number of H-pyrrole nitrogens is 1. The Kier molecular flexibility index (Phi) is 4.15.